The Hall–Kier alpha value is -2.37. The minimum Gasteiger partial charge on any atom is -0.384 e. The van der Waals surface area contributed by atoms with Gasteiger partial charge in [0.05, 0.1) is 12.1 Å². The molecule has 0 aliphatic carbocycles. The van der Waals surface area contributed by atoms with Crippen LogP contribution in [0.15, 0.2) is 48.5 Å². The Morgan fingerprint density at radius 3 is 2.61 bits per heavy atom. The van der Waals surface area contributed by atoms with Crippen LogP contribution >= 0.6 is 11.6 Å². The number of aliphatic hydroxyl groups is 1. The van der Waals surface area contributed by atoms with Gasteiger partial charge in [-0.25, -0.2) is 4.98 Å². The quantitative estimate of drug-likeness (QED) is 0.685. The summed E-state index contributed by atoms with van der Waals surface area (Å²) in [5.41, 5.74) is 6.18. The van der Waals surface area contributed by atoms with Crippen LogP contribution in [0, 0.1) is 0 Å². The second-order valence-electron chi connectivity index (χ2n) is 5.56. The van der Waals surface area contributed by atoms with Crippen molar-refractivity contribution in [3.05, 3.63) is 59.1 Å². The summed E-state index contributed by atoms with van der Waals surface area (Å²) in [7, 11) is 0. The van der Waals surface area contributed by atoms with Crippen molar-refractivity contribution >= 4 is 34.3 Å². The van der Waals surface area contributed by atoms with Crippen molar-refractivity contribution in [1.29, 1.82) is 0 Å². The smallest absolute Gasteiger partial charge is 0.225 e. The molecule has 23 heavy (non-hydrogen) atoms. The number of aromatic nitrogens is 2. The van der Waals surface area contributed by atoms with Crippen LogP contribution in [0.25, 0.3) is 10.9 Å². The highest BCUT2D eigenvalue weighted by Crippen LogP contribution is 2.28. The molecule has 2 aromatic carbocycles. The first-order chi connectivity index (χ1) is 11.0. The van der Waals surface area contributed by atoms with E-state index in [9.17, 15) is 5.11 Å². The van der Waals surface area contributed by atoms with Crippen LogP contribution in [0.5, 0.6) is 0 Å². The van der Waals surface area contributed by atoms with Crippen molar-refractivity contribution < 1.29 is 5.11 Å². The van der Waals surface area contributed by atoms with E-state index in [0.717, 1.165) is 10.9 Å². The third-order valence-corrected chi connectivity index (χ3v) is 4.01. The van der Waals surface area contributed by atoms with Gasteiger partial charge in [-0.05, 0) is 25.1 Å². The van der Waals surface area contributed by atoms with Gasteiger partial charge in [-0.3, -0.25) is 0 Å². The summed E-state index contributed by atoms with van der Waals surface area (Å²) in [6, 6.07) is 14.7. The van der Waals surface area contributed by atoms with E-state index in [1.807, 2.05) is 36.4 Å². The van der Waals surface area contributed by atoms with Crippen molar-refractivity contribution in [2.45, 2.75) is 12.5 Å². The Kier molecular flexibility index (Phi) is 4.07. The largest absolute Gasteiger partial charge is 0.384 e. The predicted molar refractivity (Wildman–Crippen MR) is 93.5 cm³/mol. The number of nitrogens with two attached hydrogens (primary N) is 1. The van der Waals surface area contributed by atoms with Gasteiger partial charge in [-0.15, -0.1) is 0 Å². The fraction of sp³-hybridized carbons (Fsp3) is 0.176. The van der Waals surface area contributed by atoms with Crippen molar-refractivity contribution in [3.8, 4) is 0 Å². The number of nitrogens with zero attached hydrogens (tertiary/aromatic N) is 2. The van der Waals surface area contributed by atoms with E-state index in [4.69, 9.17) is 17.3 Å². The average molecular weight is 329 g/mol. The molecule has 0 bridgehead atoms. The summed E-state index contributed by atoms with van der Waals surface area (Å²) in [5, 5.41) is 15.0. The highest BCUT2D eigenvalue weighted by Gasteiger charge is 2.25. The predicted octanol–water partition coefficient (Wildman–Crippen LogP) is 3.19. The number of para-hydroxylation sites is 1. The SMILES string of the molecule is CC(O)(CNc1nc(N)c2ccccc2n1)c1ccccc1Cl. The number of halogens is 1. The van der Waals surface area contributed by atoms with Gasteiger partial charge in [-0.2, -0.15) is 4.98 Å². The number of anilines is 2. The van der Waals surface area contributed by atoms with Crippen LogP contribution in [0.2, 0.25) is 5.02 Å². The Balaban J connectivity index is 1.84. The first-order valence-electron chi connectivity index (χ1n) is 7.21. The van der Waals surface area contributed by atoms with Crippen LogP contribution in [0.4, 0.5) is 11.8 Å². The maximum Gasteiger partial charge on any atom is 0.225 e. The van der Waals surface area contributed by atoms with Crippen LogP contribution in [0.3, 0.4) is 0 Å². The first-order valence-corrected chi connectivity index (χ1v) is 7.59. The summed E-state index contributed by atoms with van der Waals surface area (Å²) in [5.74, 6) is 0.768. The molecule has 118 valence electrons. The monoisotopic (exact) mass is 328 g/mol. The summed E-state index contributed by atoms with van der Waals surface area (Å²) in [6.07, 6.45) is 0. The zero-order chi connectivity index (χ0) is 16.4. The number of hydrogen-bond acceptors (Lipinski definition) is 5. The maximum absolute atomic E-state index is 10.7. The van der Waals surface area contributed by atoms with Crippen molar-refractivity contribution in [2.75, 3.05) is 17.6 Å². The molecule has 3 rings (SSSR count). The molecule has 6 heteroatoms. The lowest BCUT2D eigenvalue weighted by atomic mass is 9.96. The molecule has 0 saturated heterocycles. The van der Waals surface area contributed by atoms with Gasteiger partial charge in [0, 0.05) is 16.0 Å². The third kappa shape index (κ3) is 3.21. The van der Waals surface area contributed by atoms with E-state index in [1.54, 1.807) is 19.1 Å². The fourth-order valence-electron chi connectivity index (χ4n) is 2.42. The maximum atomic E-state index is 10.7. The Labute approximate surface area is 139 Å². The lowest BCUT2D eigenvalue weighted by molar-refractivity contribution is 0.0714. The zero-order valence-electron chi connectivity index (χ0n) is 12.6. The Morgan fingerprint density at radius 1 is 1.13 bits per heavy atom. The molecule has 0 amide bonds. The van der Waals surface area contributed by atoms with Crippen LogP contribution < -0.4 is 11.1 Å². The summed E-state index contributed by atoms with van der Waals surface area (Å²) >= 11 is 6.15. The molecule has 1 atom stereocenters. The van der Waals surface area contributed by atoms with Crippen LogP contribution in [-0.2, 0) is 5.60 Å². The van der Waals surface area contributed by atoms with Gasteiger partial charge >= 0.3 is 0 Å². The van der Waals surface area contributed by atoms with Crippen molar-refractivity contribution in [2.24, 2.45) is 0 Å². The highest BCUT2D eigenvalue weighted by atomic mass is 35.5. The molecule has 0 spiro atoms. The number of rotatable bonds is 4. The van der Waals surface area contributed by atoms with Gasteiger partial charge in [-0.1, -0.05) is 41.9 Å². The normalized spacial score (nSPS) is 13.7. The lowest BCUT2D eigenvalue weighted by Gasteiger charge is -2.25. The molecule has 1 aromatic heterocycles. The van der Waals surface area contributed by atoms with Gasteiger partial charge in [0.25, 0.3) is 0 Å². The molecule has 0 fully saturated rings. The molecule has 0 aliphatic rings. The Morgan fingerprint density at radius 2 is 1.83 bits per heavy atom. The van der Waals surface area contributed by atoms with Crippen LogP contribution in [-0.4, -0.2) is 21.6 Å². The van der Waals surface area contributed by atoms with Gasteiger partial charge in [0.1, 0.15) is 11.4 Å². The van der Waals surface area contributed by atoms with E-state index >= 15 is 0 Å². The first kappa shape index (κ1) is 15.5. The topological polar surface area (TPSA) is 84.1 Å². The highest BCUT2D eigenvalue weighted by molar-refractivity contribution is 6.31. The lowest BCUT2D eigenvalue weighted by Crippen LogP contribution is -2.31. The minimum atomic E-state index is -1.16. The molecule has 1 unspecified atom stereocenters. The summed E-state index contributed by atoms with van der Waals surface area (Å²) in [4.78, 5) is 8.64. The average Bonchev–Trinajstić information content (AvgIpc) is 2.53. The molecular formula is C17H17ClN4O. The number of fused-ring (bicyclic) bond motifs is 1. The van der Waals surface area contributed by atoms with Gasteiger partial charge in [0.2, 0.25) is 5.95 Å². The number of nitrogens with one attached hydrogen (secondary N) is 1. The van der Waals surface area contributed by atoms with Crippen molar-refractivity contribution in [3.63, 3.8) is 0 Å². The minimum absolute atomic E-state index is 0.203. The second-order valence-corrected chi connectivity index (χ2v) is 5.96. The fourth-order valence-corrected chi connectivity index (χ4v) is 2.76. The standard InChI is InChI=1S/C17H17ClN4O/c1-17(23,12-7-3-4-8-13(12)18)10-20-16-21-14-9-5-2-6-11(14)15(19)22-16/h2-9,23H,10H2,1H3,(H3,19,20,21,22). The van der Waals surface area contributed by atoms with Gasteiger partial charge < -0.3 is 16.2 Å². The summed E-state index contributed by atoms with van der Waals surface area (Å²) in [6.45, 7) is 1.89. The molecule has 0 aliphatic heterocycles. The van der Waals surface area contributed by atoms with Gasteiger partial charge in [0.15, 0.2) is 0 Å². The molecular weight excluding hydrogens is 312 g/mol. The van der Waals surface area contributed by atoms with Crippen LogP contribution in [0.1, 0.15) is 12.5 Å². The van der Waals surface area contributed by atoms with E-state index in [-0.39, 0.29) is 6.54 Å². The van der Waals surface area contributed by atoms with E-state index < -0.39 is 5.60 Å². The van der Waals surface area contributed by atoms with Crippen molar-refractivity contribution in [1.82, 2.24) is 9.97 Å². The summed E-state index contributed by atoms with van der Waals surface area (Å²) < 4.78 is 0. The number of benzene rings is 2. The zero-order valence-corrected chi connectivity index (χ0v) is 13.4. The van der Waals surface area contributed by atoms with E-state index in [1.165, 1.54) is 0 Å². The molecule has 4 N–H and O–H groups in total. The van der Waals surface area contributed by atoms with E-state index in [2.05, 4.69) is 15.3 Å². The Bertz CT molecular complexity index is 851. The molecule has 3 aromatic rings. The third-order valence-electron chi connectivity index (χ3n) is 3.68. The molecule has 0 radical (unpaired) electrons. The van der Waals surface area contributed by atoms with E-state index in [0.29, 0.717) is 22.4 Å². The molecule has 5 nitrogen and oxygen atoms in total. The number of hydrogen-bond donors (Lipinski definition) is 3. The second kappa shape index (κ2) is 6.02. The number of nitrogen functional groups attached to an aromatic ring is 1. The molecule has 0 saturated carbocycles. The molecule has 1 heterocycles.